The summed E-state index contributed by atoms with van der Waals surface area (Å²) in [6.07, 6.45) is 0. The van der Waals surface area contributed by atoms with E-state index in [1.807, 2.05) is 6.92 Å². The minimum absolute atomic E-state index is 0.103. The van der Waals surface area contributed by atoms with Gasteiger partial charge in [-0.05, 0) is 30.7 Å². The summed E-state index contributed by atoms with van der Waals surface area (Å²) < 4.78 is 18.7. The summed E-state index contributed by atoms with van der Waals surface area (Å²) in [7, 11) is 1.50. The van der Waals surface area contributed by atoms with Gasteiger partial charge in [0, 0.05) is 16.0 Å². The van der Waals surface area contributed by atoms with E-state index in [1.54, 1.807) is 30.3 Å². The molecule has 2 aromatic carbocycles. The van der Waals surface area contributed by atoms with Crippen LogP contribution in [0, 0.1) is 12.7 Å². The number of amides is 1. The Morgan fingerprint density at radius 2 is 2.09 bits per heavy atom. The van der Waals surface area contributed by atoms with E-state index in [0.717, 1.165) is 17.3 Å². The number of ether oxygens (including phenoxy) is 1. The van der Waals surface area contributed by atoms with Crippen molar-refractivity contribution >= 4 is 35.0 Å². The van der Waals surface area contributed by atoms with E-state index in [2.05, 4.69) is 5.32 Å². The van der Waals surface area contributed by atoms with E-state index in [0.29, 0.717) is 21.4 Å². The van der Waals surface area contributed by atoms with Gasteiger partial charge in [-0.3, -0.25) is 4.79 Å². The molecule has 0 bridgehead atoms. The Kier molecular flexibility index (Phi) is 5.69. The SMILES string of the molecule is COc1cc(Cl)c(C)cc1NC(=O)CSc1ccccc1F. The van der Waals surface area contributed by atoms with Crippen molar-refractivity contribution in [2.24, 2.45) is 0 Å². The molecule has 0 aliphatic heterocycles. The molecule has 0 spiro atoms. The van der Waals surface area contributed by atoms with Crippen molar-refractivity contribution in [2.75, 3.05) is 18.2 Å². The zero-order valence-electron chi connectivity index (χ0n) is 12.2. The molecule has 0 aliphatic carbocycles. The molecule has 0 fully saturated rings. The molecule has 0 saturated carbocycles. The number of hydrogen-bond donors (Lipinski definition) is 1. The maximum absolute atomic E-state index is 13.5. The molecule has 2 rings (SSSR count). The number of halogens is 2. The van der Waals surface area contributed by atoms with Crippen molar-refractivity contribution in [3.05, 3.63) is 52.8 Å². The van der Waals surface area contributed by atoms with Gasteiger partial charge in [-0.1, -0.05) is 23.7 Å². The van der Waals surface area contributed by atoms with Gasteiger partial charge in [0.15, 0.2) is 0 Å². The summed E-state index contributed by atoms with van der Waals surface area (Å²) in [6.45, 7) is 1.84. The fourth-order valence-electron chi connectivity index (χ4n) is 1.82. The second-order valence-electron chi connectivity index (χ2n) is 4.57. The number of hydrogen-bond acceptors (Lipinski definition) is 3. The number of carbonyl (C=O) groups excluding carboxylic acids is 1. The molecule has 0 aromatic heterocycles. The second-order valence-corrected chi connectivity index (χ2v) is 5.99. The third-order valence-corrected chi connectivity index (χ3v) is 4.41. The van der Waals surface area contributed by atoms with Gasteiger partial charge >= 0.3 is 0 Å². The third-order valence-electron chi connectivity index (χ3n) is 2.95. The average Bonchev–Trinajstić information content (AvgIpc) is 2.50. The van der Waals surface area contributed by atoms with E-state index in [-0.39, 0.29) is 17.5 Å². The van der Waals surface area contributed by atoms with Crippen LogP contribution in [0.2, 0.25) is 5.02 Å². The first-order valence-corrected chi connectivity index (χ1v) is 7.89. The van der Waals surface area contributed by atoms with Crippen LogP contribution in [0.1, 0.15) is 5.56 Å². The first-order valence-electron chi connectivity index (χ1n) is 6.52. The lowest BCUT2D eigenvalue weighted by Crippen LogP contribution is -2.15. The van der Waals surface area contributed by atoms with Crippen molar-refractivity contribution in [3.63, 3.8) is 0 Å². The number of anilines is 1. The average molecular weight is 340 g/mol. The zero-order chi connectivity index (χ0) is 16.1. The Labute approximate surface area is 137 Å². The largest absolute Gasteiger partial charge is 0.495 e. The van der Waals surface area contributed by atoms with Crippen LogP contribution in [0.3, 0.4) is 0 Å². The normalized spacial score (nSPS) is 10.4. The number of aryl methyl sites for hydroxylation is 1. The van der Waals surface area contributed by atoms with Crippen LogP contribution in [-0.2, 0) is 4.79 Å². The van der Waals surface area contributed by atoms with E-state index in [1.165, 1.54) is 13.2 Å². The first kappa shape index (κ1) is 16.6. The predicted octanol–water partition coefficient (Wildman–Crippen LogP) is 4.53. The van der Waals surface area contributed by atoms with E-state index in [9.17, 15) is 9.18 Å². The molecule has 6 heteroatoms. The van der Waals surface area contributed by atoms with E-state index >= 15 is 0 Å². The summed E-state index contributed by atoms with van der Waals surface area (Å²) in [5.74, 6) is 0.0134. The fraction of sp³-hybridized carbons (Fsp3) is 0.188. The molecule has 0 heterocycles. The molecule has 2 aromatic rings. The number of methoxy groups -OCH3 is 1. The molecule has 0 radical (unpaired) electrons. The number of benzene rings is 2. The van der Waals surface area contributed by atoms with Gasteiger partial charge in [-0.25, -0.2) is 4.39 Å². The van der Waals surface area contributed by atoms with Gasteiger partial charge < -0.3 is 10.1 Å². The molecule has 0 aliphatic rings. The highest BCUT2D eigenvalue weighted by atomic mass is 35.5. The fourth-order valence-corrected chi connectivity index (χ4v) is 2.71. The Hall–Kier alpha value is -1.72. The number of rotatable bonds is 5. The van der Waals surface area contributed by atoms with Crippen molar-refractivity contribution in [1.82, 2.24) is 0 Å². The van der Waals surface area contributed by atoms with Gasteiger partial charge in [0.1, 0.15) is 11.6 Å². The lowest BCUT2D eigenvalue weighted by Gasteiger charge is -2.12. The van der Waals surface area contributed by atoms with Crippen LogP contribution in [0.15, 0.2) is 41.3 Å². The van der Waals surface area contributed by atoms with Crippen LogP contribution in [0.4, 0.5) is 10.1 Å². The van der Waals surface area contributed by atoms with Gasteiger partial charge in [0.05, 0.1) is 18.6 Å². The highest BCUT2D eigenvalue weighted by Crippen LogP contribution is 2.31. The van der Waals surface area contributed by atoms with Gasteiger partial charge in [-0.2, -0.15) is 0 Å². The molecule has 1 amide bonds. The summed E-state index contributed by atoms with van der Waals surface area (Å²) in [5.41, 5.74) is 1.38. The molecule has 3 nitrogen and oxygen atoms in total. The van der Waals surface area contributed by atoms with Crippen molar-refractivity contribution in [1.29, 1.82) is 0 Å². The van der Waals surface area contributed by atoms with Crippen LogP contribution < -0.4 is 10.1 Å². The molecule has 116 valence electrons. The quantitative estimate of drug-likeness (QED) is 0.813. The van der Waals surface area contributed by atoms with Crippen LogP contribution in [0.5, 0.6) is 5.75 Å². The van der Waals surface area contributed by atoms with Crippen LogP contribution in [0.25, 0.3) is 0 Å². The highest BCUT2D eigenvalue weighted by Gasteiger charge is 2.11. The lowest BCUT2D eigenvalue weighted by atomic mass is 10.2. The van der Waals surface area contributed by atoms with Crippen molar-refractivity contribution in [2.45, 2.75) is 11.8 Å². The lowest BCUT2D eigenvalue weighted by molar-refractivity contribution is -0.113. The first-order chi connectivity index (χ1) is 10.5. The number of nitrogens with one attached hydrogen (secondary N) is 1. The van der Waals surface area contributed by atoms with Gasteiger partial charge in [0.25, 0.3) is 0 Å². The molecule has 1 N–H and O–H groups in total. The monoisotopic (exact) mass is 339 g/mol. The van der Waals surface area contributed by atoms with E-state index < -0.39 is 0 Å². The summed E-state index contributed by atoms with van der Waals surface area (Å²) in [6, 6.07) is 9.74. The topological polar surface area (TPSA) is 38.3 Å². The Morgan fingerprint density at radius 1 is 1.36 bits per heavy atom. The molecule has 0 atom stereocenters. The highest BCUT2D eigenvalue weighted by molar-refractivity contribution is 8.00. The predicted molar refractivity (Wildman–Crippen MR) is 88.5 cm³/mol. The molecular weight excluding hydrogens is 325 g/mol. The smallest absolute Gasteiger partial charge is 0.234 e. The summed E-state index contributed by atoms with van der Waals surface area (Å²) in [4.78, 5) is 12.5. The summed E-state index contributed by atoms with van der Waals surface area (Å²) >= 11 is 7.16. The molecule has 0 unspecified atom stereocenters. The minimum Gasteiger partial charge on any atom is -0.495 e. The molecule has 0 saturated heterocycles. The Balaban J connectivity index is 2.03. The van der Waals surface area contributed by atoms with Crippen molar-refractivity contribution < 1.29 is 13.9 Å². The Bertz CT molecular complexity index is 694. The third kappa shape index (κ3) is 4.15. The number of carbonyl (C=O) groups is 1. The number of thioether (sulfide) groups is 1. The maximum Gasteiger partial charge on any atom is 0.234 e. The molecule has 22 heavy (non-hydrogen) atoms. The summed E-state index contributed by atoms with van der Waals surface area (Å²) in [5, 5.41) is 3.32. The van der Waals surface area contributed by atoms with Crippen LogP contribution in [-0.4, -0.2) is 18.8 Å². The zero-order valence-corrected chi connectivity index (χ0v) is 13.7. The maximum atomic E-state index is 13.5. The molecular formula is C16H15ClFNO2S. The minimum atomic E-state index is -0.333. The standard InChI is InChI=1S/C16H15ClFNO2S/c1-10-7-13(14(21-2)8-11(10)17)19-16(20)9-22-15-6-4-3-5-12(15)18/h3-8H,9H2,1-2H3,(H,19,20). The van der Waals surface area contributed by atoms with Gasteiger partial charge in [-0.15, -0.1) is 11.8 Å². The van der Waals surface area contributed by atoms with Crippen LogP contribution >= 0.6 is 23.4 Å². The second kappa shape index (κ2) is 7.51. The Morgan fingerprint density at radius 3 is 2.77 bits per heavy atom. The van der Waals surface area contributed by atoms with Crippen molar-refractivity contribution in [3.8, 4) is 5.75 Å². The van der Waals surface area contributed by atoms with Gasteiger partial charge in [0.2, 0.25) is 5.91 Å². The van der Waals surface area contributed by atoms with E-state index in [4.69, 9.17) is 16.3 Å².